The Bertz CT molecular complexity index is 882. The minimum Gasteiger partial charge on any atom is -0.493 e. The van der Waals surface area contributed by atoms with Crippen LogP contribution in [0.25, 0.3) is 0 Å². The van der Waals surface area contributed by atoms with Crippen molar-refractivity contribution in [1.29, 1.82) is 0 Å². The number of para-hydroxylation sites is 1. The maximum atomic E-state index is 12.4. The first-order chi connectivity index (χ1) is 14.0. The number of ether oxygens (including phenoxy) is 2. The second-order valence-electron chi connectivity index (χ2n) is 6.55. The summed E-state index contributed by atoms with van der Waals surface area (Å²) in [4.78, 5) is 35.2. The van der Waals surface area contributed by atoms with Crippen LogP contribution in [-0.4, -0.2) is 38.2 Å². The van der Waals surface area contributed by atoms with Gasteiger partial charge in [0.05, 0.1) is 26.2 Å². The summed E-state index contributed by atoms with van der Waals surface area (Å²) >= 11 is 0. The van der Waals surface area contributed by atoms with E-state index in [4.69, 9.17) is 4.74 Å². The standard InChI is InChI=1S/C21H23N3O5/c1-28-20(26)13-22-19(25)12-14-6-8-15(9-7-14)23-21(27)24-17-10-11-29-18-5-3-2-4-16(17)18/h2-9,17H,10-13H2,1H3,(H,22,25)(H2,23,24,27)/t17-/m0/s1. The topological polar surface area (TPSA) is 106 Å². The molecule has 3 rings (SSSR count). The van der Waals surface area contributed by atoms with Crippen LogP contribution in [0.15, 0.2) is 48.5 Å². The van der Waals surface area contributed by atoms with E-state index in [1.165, 1.54) is 7.11 Å². The number of esters is 1. The molecule has 0 bridgehead atoms. The average molecular weight is 397 g/mol. The fourth-order valence-corrected chi connectivity index (χ4v) is 3.01. The lowest BCUT2D eigenvalue weighted by Gasteiger charge is -2.26. The van der Waals surface area contributed by atoms with Gasteiger partial charge in [0, 0.05) is 17.7 Å². The quantitative estimate of drug-likeness (QED) is 0.648. The van der Waals surface area contributed by atoms with Gasteiger partial charge >= 0.3 is 12.0 Å². The van der Waals surface area contributed by atoms with Gasteiger partial charge in [-0.2, -0.15) is 0 Å². The molecule has 3 N–H and O–H groups in total. The molecule has 0 aromatic heterocycles. The summed E-state index contributed by atoms with van der Waals surface area (Å²) in [5.41, 5.74) is 2.33. The molecule has 1 aliphatic heterocycles. The van der Waals surface area contributed by atoms with Gasteiger partial charge in [0.15, 0.2) is 0 Å². The van der Waals surface area contributed by atoms with E-state index >= 15 is 0 Å². The Hall–Kier alpha value is -3.55. The molecule has 2 aromatic rings. The zero-order valence-corrected chi connectivity index (χ0v) is 16.1. The number of anilines is 1. The first kappa shape index (κ1) is 20.2. The van der Waals surface area contributed by atoms with Crippen molar-refractivity contribution >= 4 is 23.6 Å². The third-order valence-electron chi connectivity index (χ3n) is 4.50. The van der Waals surface area contributed by atoms with Crippen molar-refractivity contribution in [2.75, 3.05) is 25.6 Å². The summed E-state index contributed by atoms with van der Waals surface area (Å²) < 4.78 is 10.1. The Morgan fingerprint density at radius 1 is 1.10 bits per heavy atom. The first-order valence-electron chi connectivity index (χ1n) is 9.27. The van der Waals surface area contributed by atoms with Crippen molar-refractivity contribution in [2.45, 2.75) is 18.9 Å². The van der Waals surface area contributed by atoms with Crippen LogP contribution in [0.3, 0.4) is 0 Å². The van der Waals surface area contributed by atoms with Gasteiger partial charge in [0.1, 0.15) is 12.3 Å². The fraction of sp³-hybridized carbons (Fsp3) is 0.286. The van der Waals surface area contributed by atoms with Gasteiger partial charge < -0.3 is 25.4 Å². The highest BCUT2D eigenvalue weighted by Crippen LogP contribution is 2.31. The van der Waals surface area contributed by atoms with E-state index in [9.17, 15) is 14.4 Å². The summed E-state index contributed by atoms with van der Waals surface area (Å²) in [6, 6.07) is 14.2. The van der Waals surface area contributed by atoms with Crippen LogP contribution in [0.4, 0.5) is 10.5 Å². The average Bonchev–Trinajstić information content (AvgIpc) is 2.73. The zero-order chi connectivity index (χ0) is 20.6. The molecule has 0 aliphatic carbocycles. The molecule has 1 heterocycles. The molecular formula is C21H23N3O5. The molecule has 152 valence electrons. The van der Waals surface area contributed by atoms with Gasteiger partial charge in [-0.25, -0.2) is 4.79 Å². The normalized spacial score (nSPS) is 14.7. The Labute approximate surface area is 168 Å². The largest absolute Gasteiger partial charge is 0.493 e. The zero-order valence-electron chi connectivity index (χ0n) is 16.1. The lowest BCUT2D eigenvalue weighted by atomic mass is 10.0. The molecule has 1 atom stereocenters. The number of rotatable bonds is 6. The Balaban J connectivity index is 1.50. The van der Waals surface area contributed by atoms with Crippen LogP contribution >= 0.6 is 0 Å². The van der Waals surface area contributed by atoms with E-state index in [1.807, 2.05) is 24.3 Å². The number of benzene rings is 2. The van der Waals surface area contributed by atoms with Gasteiger partial charge in [-0.05, 0) is 23.8 Å². The molecule has 29 heavy (non-hydrogen) atoms. The summed E-state index contributed by atoms with van der Waals surface area (Å²) in [5.74, 6) is 0.00183. The summed E-state index contributed by atoms with van der Waals surface area (Å²) in [5, 5.41) is 8.24. The molecule has 1 aliphatic rings. The molecule has 0 radical (unpaired) electrons. The SMILES string of the molecule is COC(=O)CNC(=O)Cc1ccc(NC(=O)N[C@H]2CCOc3ccccc32)cc1. The molecule has 0 fully saturated rings. The highest BCUT2D eigenvalue weighted by molar-refractivity contribution is 5.89. The number of hydrogen-bond donors (Lipinski definition) is 3. The predicted molar refractivity (Wildman–Crippen MR) is 107 cm³/mol. The third kappa shape index (κ3) is 5.71. The van der Waals surface area contributed by atoms with Gasteiger partial charge in [-0.3, -0.25) is 9.59 Å². The van der Waals surface area contributed by atoms with E-state index < -0.39 is 5.97 Å². The number of amides is 3. The van der Waals surface area contributed by atoms with Crippen molar-refractivity contribution in [1.82, 2.24) is 10.6 Å². The molecule has 0 saturated carbocycles. The number of nitrogens with one attached hydrogen (secondary N) is 3. The Morgan fingerprint density at radius 2 is 1.86 bits per heavy atom. The maximum Gasteiger partial charge on any atom is 0.325 e. The number of fused-ring (bicyclic) bond motifs is 1. The summed E-state index contributed by atoms with van der Waals surface area (Å²) in [6.45, 7) is 0.388. The first-order valence-corrected chi connectivity index (χ1v) is 9.27. The van der Waals surface area contributed by atoms with Gasteiger partial charge in [-0.15, -0.1) is 0 Å². The predicted octanol–water partition coefficient (Wildman–Crippen LogP) is 2.16. The van der Waals surface area contributed by atoms with Crippen LogP contribution in [0.2, 0.25) is 0 Å². The van der Waals surface area contributed by atoms with Crippen LogP contribution in [0.1, 0.15) is 23.6 Å². The number of hydrogen-bond acceptors (Lipinski definition) is 5. The second kappa shape index (κ2) is 9.59. The molecule has 8 nitrogen and oxygen atoms in total. The third-order valence-corrected chi connectivity index (χ3v) is 4.50. The van der Waals surface area contributed by atoms with Gasteiger partial charge in [0.2, 0.25) is 5.91 Å². The molecule has 0 spiro atoms. The van der Waals surface area contributed by atoms with Crippen LogP contribution in [0.5, 0.6) is 5.75 Å². The molecule has 8 heteroatoms. The monoisotopic (exact) mass is 397 g/mol. The number of urea groups is 1. The van der Waals surface area contributed by atoms with Gasteiger partial charge in [0.25, 0.3) is 0 Å². The smallest absolute Gasteiger partial charge is 0.325 e. The fourth-order valence-electron chi connectivity index (χ4n) is 3.01. The Kier molecular flexibility index (Phi) is 6.67. The number of methoxy groups -OCH3 is 1. The van der Waals surface area contributed by atoms with E-state index in [2.05, 4.69) is 20.7 Å². The van der Waals surface area contributed by atoms with E-state index in [-0.39, 0.29) is 30.9 Å². The molecule has 0 saturated heterocycles. The minimum absolute atomic E-state index is 0.113. The number of carbonyl (C=O) groups excluding carboxylic acids is 3. The molecule has 0 unspecified atom stereocenters. The summed E-state index contributed by atoms with van der Waals surface area (Å²) in [7, 11) is 1.26. The second-order valence-corrected chi connectivity index (χ2v) is 6.55. The molecule has 3 amide bonds. The van der Waals surface area contributed by atoms with Crippen molar-refractivity contribution in [3.05, 3.63) is 59.7 Å². The van der Waals surface area contributed by atoms with Crippen LogP contribution < -0.4 is 20.7 Å². The van der Waals surface area contributed by atoms with E-state index in [1.54, 1.807) is 24.3 Å². The van der Waals surface area contributed by atoms with E-state index in [0.29, 0.717) is 18.7 Å². The van der Waals surface area contributed by atoms with Crippen molar-refractivity contribution < 1.29 is 23.9 Å². The summed E-state index contributed by atoms with van der Waals surface area (Å²) in [6.07, 6.45) is 0.826. The lowest BCUT2D eigenvalue weighted by Crippen LogP contribution is -2.35. The molecular weight excluding hydrogens is 374 g/mol. The minimum atomic E-state index is -0.504. The van der Waals surface area contributed by atoms with Crippen LogP contribution in [0, 0.1) is 0 Å². The Morgan fingerprint density at radius 3 is 2.62 bits per heavy atom. The van der Waals surface area contributed by atoms with E-state index in [0.717, 1.165) is 16.9 Å². The van der Waals surface area contributed by atoms with Crippen molar-refractivity contribution in [2.24, 2.45) is 0 Å². The van der Waals surface area contributed by atoms with Gasteiger partial charge in [-0.1, -0.05) is 30.3 Å². The highest BCUT2D eigenvalue weighted by Gasteiger charge is 2.22. The maximum absolute atomic E-state index is 12.4. The number of carbonyl (C=O) groups is 3. The van der Waals surface area contributed by atoms with Crippen molar-refractivity contribution in [3.63, 3.8) is 0 Å². The van der Waals surface area contributed by atoms with Crippen molar-refractivity contribution in [3.8, 4) is 5.75 Å². The van der Waals surface area contributed by atoms with Crippen LogP contribution in [-0.2, 0) is 20.7 Å². The lowest BCUT2D eigenvalue weighted by molar-refractivity contribution is -0.141. The highest BCUT2D eigenvalue weighted by atomic mass is 16.5. The molecule has 2 aromatic carbocycles.